The maximum Gasteiger partial charge on any atom is 0.220 e. The van der Waals surface area contributed by atoms with Crippen LogP contribution in [-0.4, -0.2) is 193 Å². The Labute approximate surface area is 598 Å². The van der Waals surface area contributed by atoms with E-state index < -0.39 is 124 Å². The van der Waals surface area contributed by atoms with Crippen molar-refractivity contribution in [2.75, 3.05) is 26.4 Å². The first kappa shape index (κ1) is 90.4. The second-order valence-electron chi connectivity index (χ2n) is 28.2. The summed E-state index contributed by atoms with van der Waals surface area (Å²) in [4.78, 5) is 13.5. The Kier molecular flexibility index (Phi) is 55.3. The highest BCUT2D eigenvalue weighted by Gasteiger charge is 2.53. The molecule has 3 heterocycles. The van der Waals surface area contributed by atoms with Gasteiger partial charge < -0.3 is 89.9 Å². The topological polar surface area (TPSA) is 307 Å². The Hall–Kier alpha value is -2.77. The van der Waals surface area contributed by atoms with Crippen LogP contribution in [0.3, 0.4) is 0 Å². The number of hydrogen-bond acceptors (Lipinski definition) is 18. The van der Waals surface area contributed by atoms with E-state index in [-0.39, 0.29) is 18.9 Å². The monoisotopic (exact) mass is 1410 g/mol. The Balaban J connectivity index is 1.41. The standard InChI is InChI=1S/C80H143NO18/c1-3-5-7-9-11-13-15-17-19-21-23-25-27-28-29-30-31-32-33-34-36-37-39-41-43-45-47-49-51-53-55-57-64(85)63(81-68(86)58-56-54-52-50-48-46-44-42-40-38-35-26-24-22-20-18-16-14-12-10-8-6-4-2)62-94-78-74(92)71(89)76(66(60-83)96-78)99-80-75(93)72(90)77(67(61-84)97-80)98-79-73(91)70(88)69(87)65(59-82)95-79/h16,18,22,24,35,38-39,41,47,49,55,57,63-67,69-80,82-85,87-93H,3-15,17,19-21,23,25-34,36-37,40,42-46,48,50-54,56,58-62H2,1-2H3,(H,81,86)/b18-16-,24-22-,38-35-,41-39+,49-47+,57-55+. The van der Waals surface area contributed by atoms with Gasteiger partial charge >= 0.3 is 0 Å². The van der Waals surface area contributed by atoms with Crippen molar-refractivity contribution in [3.63, 3.8) is 0 Å². The Morgan fingerprint density at radius 1 is 0.364 bits per heavy atom. The predicted molar refractivity (Wildman–Crippen MR) is 392 cm³/mol. The van der Waals surface area contributed by atoms with Crippen LogP contribution in [0.1, 0.15) is 296 Å². The molecule has 1 amide bonds. The van der Waals surface area contributed by atoms with Gasteiger partial charge in [-0.1, -0.05) is 279 Å². The molecule has 17 atom stereocenters. The highest BCUT2D eigenvalue weighted by atomic mass is 16.8. The number of rotatable bonds is 62. The fraction of sp³-hybridized carbons (Fsp3) is 0.838. The van der Waals surface area contributed by atoms with E-state index in [1.807, 2.05) is 6.08 Å². The van der Waals surface area contributed by atoms with Crippen LogP contribution in [0.2, 0.25) is 0 Å². The van der Waals surface area contributed by atoms with E-state index in [1.165, 1.54) is 193 Å². The zero-order valence-electron chi connectivity index (χ0n) is 61.5. The maximum atomic E-state index is 13.5. The van der Waals surface area contributed by atoms with E-state index in [0.29, 0.717) is 12.8 Å². The molecule has 3 aliphatic heterocycles. The van der Waals surface area contributed by atoms with Gasteiger partial charge in [0.15, 0.2) is 18.9 Å². The normalized spacial score (nSPS) is 27.0. The van der Waals surface area contributed by atoms with Gasteiger partial charge in [-0.05, 0) is 83.5 Å². The number of nitrogens with one attached hydrogen (secondary N) is 1. The summed E-state index contributed by atoms with van der Waals surface area (Å²) in [6.07, 6.45) is 51.8. The molecule has 0 aliphatic carbocycles. The van der Waals surface area contributed by atoms with Crippen LogP contribution < -0.4 is 5.32 Å². The van der Waals surface area contributed by atoms with Gasteiger partial charge in [-0.2, -0.15) is 0 Å². The lowest BCUT2D eigenvalue weighted by atomic mass is 9.96. The van der Waals surface area contributed by atoms with E-state index >= 15 is 0 Å². The van der Waals surface area contributed by atoms with Crippen molar-refractivity contribution >= 4 is 5.91 Å². The summed E-state index contributed by atoms with van der Waals surface area (Å²) in [6, 6.07) is -1.01. The molecular weight excluding hydrogens is 1260 g/mol. The molecule has 3 fully saturated rings. The summed E-state index contributed by atoms with van der Waals surface area (Å²) in [7, 11) is 0. The number of aliphatic hydroxyl groups excluding tert-OH is 11. The fourth-order valence-corrected chi connectivity index (χ4v) is 13.1. The van der Waals surface area contributed by atoms with Gasteiger partial charge in [-0.25, -0.2) is 0 Å². The minimum absolute atomic E-state index is 0.221. The van der Waals surface area contributed by atoms with E-state index in [1.54, 1.807) is 6.08 Å². The molecule has 0 spiro atoms. The SMILES string of the molecule is CCCCCCC/C=C\C/C=C\C/C=C\CCCCCCCCCCC(=O)NC(COC1OC(CO)C(OC2OC(CO)C(OC3OC(CO)C(O)C(O)C3O)C(O)C2O)C(O)C1O)C(O)/C=C/CC/C=C/CC/C=C/CCCCCCCCCCCCCCCCCCCCCCC. The summed E-state index contributed by atoms with van der Waals surface area (Å²) >= 11 is 0. The molecule has 0 bridgehead atoms. The molecule has 3 rings (SSSR count). The van der Waals surface area contributed by atoms with E-state index in [4.69, 9.17) is 28.4 Å². The first-order valence-corrected chi connectivity index (χ1v) is 39.7. The Morgan fingerprint density at radius 3 is 1.08 bits per heavy atom. The lowest BCUT2D eigenvalue weighted by Gasteiger charge is -2.48. The van der Waals surface area contributed by atoms with Crippen LogP contribution in [0, 0.1) is 0 Å². The second kappa shape index (κ2) is 60.5. The molecule has 0 radical (unpaired) electrons. The lowest BCUT2D eigenvalue weighted by Crippen LogP contribution is -2.66. The number of aliphatic hydroxyl groups is 11. The predicted octanol–water partition coefficient (Wildman–Crippen LogP) is 12.8. The molecule has 576 valence electrons. The van der Waals surface area contributed by atoms with Crippen LogP contribution in [0.15, 0.2) is 72.9 Å². The van der Waals surface area contributed by atoms with Crippen LogP contribution in [-0.2, 0) is 33.2 Å². The van der Waals surface area contributed by atoms with Crippen molar-refractivity contribution < 1.29 is 89.4 Å². The van der Waals surface area contributed by atoms with Crippen molar-refractivity contribution in [1.29, 1.82) is 0 Å². The van der Waals surface area contributed by atoms with Gasteiger partial charge in [0.1, 0.15) is 73.2 Å². The van der Waals surface area contributed by atoms with Crippen molar-refractivity contribution in [1.82, 2.24) is 5.32 Å². The van der Waals surface area contributed by atoms with Crippen molar-refractivity contribution in [2.24, 2.45) is 0 Å². The van der Waals surface area contributed by atoms with Gasteiger partial charge in [0.25, 0.3) is 0 Å². The first-order valence-electron chi connectivity index (χ1n) is 39.7. The molecule has 99 heavy (non-hydrogen) atoms. The quantitative estimate of drug-likeness (QED) is 0.0199. The average molecular weight is 1410 g/mol. The molecule has 0 aromatic carbocycles. The molecular formula is C80H143NO18. The number of allylic oxidation sites excluding steroid dienone is 11. The highest BCUT2D eigenvalue weighted by molar-refractivity contribution is 5.76. The molecule has 3 saturated heterocycles. The van der Waals surface area contributed by atoms with Gasteiger partial charge in [-0.3, -0.25) is 4.79 Å². The number of ether oxygens (including phenoxy) is 6. The molecule has 0 saturated carbocycles. The summed E-state index contributed by atoms with van der Waals surface area (Å²) in [5, 5.41) is 121. The largest absolute Gasteiger partial charge is 0.394 e. The molecule has 0 aromatic heterocycles. The summed E-state index contributed by atoms with van der Waals surface area (Å²) in [6.45, 7) is 1.72. The van der Waals surface area contributed by atoms with Gasteiger partial charge in [-0.15, -0.1) is 0 Å². The third kappa shape index (κ3) is 40.9. The first-order chi connectivity index (χ1) is 48.3. The fourth-order valence-electron chi connectivity index (χ4n) is 13.1. The van der Waals surface area contributed by atoms with E-state index in [2.05, 4.69) is 79.9 Å². The van der Waals surface area contributed by atoms with Crippen LogP contribution in [0.25, 0.3) is 0 Å². The van der Waals surface area contributed by atoms with Gasteiger partial charge in [0, 0.05) is 6.42 Å². The van der Waals surface area contributed by atoms with E-state index in [0.717, 1.165) is 70.6 Å². The molecule has 3 aliphatic rings. The minimum atomic E-state index is -1.99. The lowest BCUT2D eigenvalue weighted by molar-refractivity contribution is -0.379. The summed E-state index contributed by atoms with van der Waals surface area (Å²) in [5.41, 5.74) is 0. The maximum absolute atomic E-state index is 13.5. The van der Waals surface area contributed by atoms with Crippen LogP contribution >= 0.6 is 0 Å². The number of unbranched alkanes of at least 4 members (excludes halogenated alkanes) is 36. The van der Waals surface area contributed by atoms with Gasteiger partial charge in [0.05, 0.1) is 38.6 Å². The smallest absolute Gasteiger partial charge is 0.220 e. The van der Waals surface area contributed by atoms with Crippen molar-refractivity contribution in [3.8, 4) is 0 Å². The second-order valence-corrected chi connectivity index (χ2v) is 28.2. The zero-order valence-corrected chi connectivity index (χ0v) is 61.5. The molecule has 0 aromatic rings. The minimum Gasteiger partial charge on any atom is -0.394 e. The molecule has 17 unspecified atom stereocenters. The molecule has 19 heteroatoms. The molecule has 19 nitrogen and oxygen atoms in total. The van der Waals surface area contributed by atoms with Crippen LogP contribution in [0.5, 0.6) is 0 Å². The van der Waals surface area contributed by atoms with Crippen molar-refractivity contribution in [2.45, 2.75) is 401 Å². The third-order valence-corrected chi connectivity index (χ3v) is 19.5. The molecule has 12 N–H and O–H groups in total. The summed E-state index contributed by atoms with van der Waals surface area (Å²) in [5.74, 6) is -0.296. The number of carbonyl (C=O) groups is 1. The zero-order chi connectivity index (χ0) is 71.8. The van der Waals surface area contributed by atoms with Gasteiger partial charge in [0.2, 0.25) is 5.91 Å². The number of amides is 1. The Bertz CT molecular complexity index is 2070. The number of carbonyl (C=O) groups excluding carboxylic acids is 1. The van der Waals surface area contributed by atoms with E-state index in [9.17, 15) is 61.0 Å². The number of hydrogen-bond donors (Lipinski definition) is 12. The Morgan fingerprint density at radius 2 is 0.677 bits per heavy atom. The van der Waals surface area contributed by atoms with Crippen LogP contribution in [0.4, 0.5) is 0 Å². The average Bonchev–Trinajstić information content (AvgIpc) is 0.782. The summed E-state index contributed by atoms with van der Waals surface area (Å²) < 4.78 is 34.4. The van der Waals surface area contributed by atoms with Crippen molar-refractivity contribution in [3.05, 3.63) is 72.9 Å². The highest BCUT2D eigenvalue weighted by Crippen LogP contribution is 2.33. The third-order valence-electron chi connectivity index (χ3n) is 19.5.